The lowest BCUT2D eigenvalue weighted by molar-refractivity contribution is -0.124. The number of imidazole rings is 2. The van der Waals surface area contributed by atoms with Crippen molar-refractivity contribution in [2.75, 3.05) is 43.5 Å². The van der Waals surface area contributed by atoms with Crippen molar-refractivity contribution in [2.24, 2.45) is 0 Å². The molecule has 2 aliphatic rings. The van der Waals surface area contributed by atoms with E-state index >= 15 is 4.39 Å². The predicted octanol–water partition coefficient (Wildman–Crippen LogP) is 2.37. The second-order valence-electron chi connectivity index (χ2n) is 11.4. The molecule has 19 nitrogen and oxygen atoms in total. The van der Waals surface area contributed by atoms with E-state index in [1.165, 1.54) is 29.9 Å². The van der Waals surface area contributed by atoms with E-state index in [2.05, 4.69) is 65.0 Å². The summed E-state index contributed by atoms with van der Waals surface area (Å²) in [6.07, 6.45) is 2.27. The molecule has 51 heavy (non-hydrogen) atoms. The summed E-state index contributed by atoms with van der Waals surface area (Å²) in [5, 5.41) is 25.5. The fourth-order valence-electron chi connectivity index (χ4n) is 6.01. The van der Waals surface area contributed by atoms with Gasteiger partial charge in [0.1, 0.15) is 31.0 Å². The zero-order valence-corrected chi connectivity index (χ0v) is 30.7. The molecule has 4 aromatic heterocycles. The van der Waals surface area contributed by atoms with Crippen LogP contribution < -0.4 is 10.6 Å². The summed E-state index contributed by atoms with van der Waals surface area (Å²) in [7, 11) is -5.34. The fraction of sp³-hybridized carbons (Fsp3) is 0.556. The minimum absolute atomic E-state index is 0.00809. The van der Waals surface area contributed by atoms with Crippen LogP contribution in [0.4, 0.5) is 16.0 Å². The standard InChI is InChI=1S/C27H37FN10O9P2S2/c1-14-8-15(46-48(41)50)21(44-14)27(43-7-6-39)38-13-36-19-23(32-11-34-25(19)38)30-5-3-2-4-29-22-18-24(33-10-31-22)37(12-35-18)26-17(28)20(47-49(42)51)16(9-40)45-26/h2-3,10-17,20-21,26-27,39-40,48-49H,4-9H2,1H3,(H,41,50)(H,42,51)(H,29,31,33)(H,30,32,34)/b3-2+/t14-,15+,16?,17+,20+,21+,26?,27?/m0/s1. The van der Waals surface area contributed by atoms with E-state index in [0.717, 1.165) is 0 Å². The summed E-state index contributed by atoms with van der Waals surface area (Å²) >= 11 is 7.66. The molecule has 0 aliphatic carbocycles. The predicted molar refractivity (Wildman–Crippen MR) is 189 cm³/mol. The number of fused-ring (bicyclic) bond motifs is 2. The first-order valence-corrected chi connectivity index (χ1v) is 21.0. The highest BCUT2D eigenvalue weighted by molar-refractivity contribution is 8.39. The lowest BCUT2D eigenvalue weighted by Gasteiger charge is -2.28. The molecule has 4 aromatic rings. The third-order valence-electron chi connectivity index (χ3n) is 8.12. The molecule has 0 aromatic carbocycles. The Kier molecular flexibility index (Phi) is 12.9. The van der Waals surface area contributed by atoms with Crippen molar-refractivity contribution in [3.8, 4) is 0 Å². The lowest BCUT2D eigenvalue weighted by atomic mass is 10.1. The number of aliphatic hydroxyl groups excluding tert-OH is 2. The van der Waals surface area contributed by atoms with Crippen molar-refractivity contribution in [3.05, 3.63) is 37.5 Å². The number of ether oxygens (including phenoxy) is 3. The van der Waals surface area contributed by atoms with Crippen LogP contribution in [0.3, 0.4) is 0 Å². The summed E-state index contributed by atoms with van der Waals surface area (Å²) in [5.41, 5.74) is 1.57. The first-order valence-electron chi connectivity index (χ1n) is 15.7. The SMILES string of the molecule is C[C@H]1C[C@@H](O[PH](=O)S)[C@H](C(OCCO)n2cnc3c(NC/C=C/CNc4ncnc5c4ncn5C4OC(CO)[C@@H](O[PH](=O)S)[C@H]4F)ncnc32)O1. The summed E-state index contributed by atoms with van der Waals surface area (Å²) in [5.74, 6) is 0.861. The Labute approximate surface area is 301 Å². The quantitative estimate of drug-likeness (QED) is 0.0512. The zero-order valence-electron chi connectivity index (χ0n) is 26.9. The maximum atomic E-state index is 15.3. The Morgan fingerprint density at radius 1 is 0.980 bits per heavy atom. The molecule has 6 rings (SSSR count). The van der Waals surface area contributed by atoms with Crippen molar-refractivity contribution in [1.29, 1.82) is 0 Å². The van der Waals surface area contributed by atoms with E-state index in [1.807, 2.05) is 19.1 Å². The molecule has 24 heteroatoms. The molecule has 2 aliphatic heterocycles. The van der Waals surface area contributed by atoms with Crippen molar-refractivity contribution < 1.29 is 47.0 Å². The second-order valence-corrected chi connectivity index (χ2v) is 15.1. The number of nitrogens with zero attached hydrogens (tertiary/aromatic N) is 8. The van der Waals surface area contributed by atoms with E-state index in [9.17, 15) is 19.3 Å². The van der Waals surface area contributed by atoms with Crippen LogP contribution in [0.1, 0.15) is 25.8 Å². The Morgan fingerprint density at radius 3 is 2.27 bits per heavy atom. The zero-order chi connectivity index (χ0) is 36.1. The molecule has 5 unspecified atom stereocenters. The third kappa shape index (κ3) is 8.57. The van der Waals surface area contributed by atoms with Crippen LogP contribution in [0.5, 0.6) is 0 Å². The highest BCUT2D eigenvalue weighted by Gasteiger charge is 2.48. The van der Waals surface area contributed by atoms with Gasteiger partial charge in [-0.05, 0) is 6.92 Å². The molecule has 0 bridgehead atoms. The molecule has 10 atom stereocenters. The van der Waals surface area contributed by atoms with Gasteiger partial charge in [-0.1, -0.05) is 36.6 Å². The van der Waals surface area contributed by atoms with Crippen molar-refractivity contribution in [3.63, 3.8) is 0 Å². The second kappa shape index (κ2) is 17.4. The minimum Gasteiger partial charge on any atom is -0.394 e. The van der Waals surface area contributed by atoms with Gasteiger partial charge in [0.05, 0.1) is 44.7 Å². The molecule has 2 saturated heterocycles. The van der Waals surface area contributed by atoms with Gasteiger partial charge < -0.3 is 44.1 Å². The number of hydrogen-bond donors (Lipinski definition) is 6. The Bertz CT molecular complexity index is 1880. The van der Waals surface area contributed by atoms with E-state index < -0.39 is 64.1 Å². The summed E-state index contributed by atoms with van der Waals surface area (Å²) in [6, 6.07) is 0. The molecular weight excluding hydrogens is 753 g/mol. The molecule has 0 radical (unpaired) electrons. The van der Waals surface area contributed by atoms with Crippen molar-refractivity contribution in [2.45, 2.75) is 62.5 Å². The van der Waals surface area contributed by atoms with Gasteiger partial charge in [-0.15, -0.1) is 0 Å². The third-order valence-corrected chi connectivity index (χ3v) is 9.73. The van der Waals surface area contributed by atoms with Gasteiger partial charge in [0.2, 0.25) is 14.5 Å². The van der Waals surface area contributed by atoms with Crippen LogP contribution in [0, 0.1) is 0 Å². The number of hydrogen-bond acceptors (Lipinski definition) is 17. The molecule has 4 N–H and O–H groups in total. The molecule has 278 valence electrons. The first-order chi connectivity index (χ1) is 24.7. The topological polar surface area (TPSA) is 232 Å². The number of thiol groups is 2. The van der Waals surface area contributed by atoms with Gasteiger partial charge >= 0.3 is 0 Å². The molecular formula is C27H37FN10O9P2S2. The van der Waals surface area contributed by atoms with Crippen LogP contribution in [0.2, 0.25) is 0 Å². The van der Waals surface area contributed by atoms with E-state index in [1.54, 1.807) is 4.57 Å². The average Bonchev–Trinajstić information content (AvgIpc) is 3.88. The van der Waals surface area contributed by atoms with Crippen molar-refractivity contribution in [1.82, 2.24) is 39.0 Å². The van der Waals surface area contributed by atoms with Gasteiger partial charge in [0.15, 0.2) is 52.6 Å². The van der Waals surface area contributed by atoms with E-state index in [0.29, 0.717) is 47.8 Å². The van der Waals surface area contributed by atoms with Gasteiger partial charge in [-0.25, -0.2) is 34.3 Å². The number of alkyl halides is 1. The van der Waals surface area contributed by atoms with E-state index in [-0.39, 0.29) is 25.0 Å². The van der Waals surface area contributed by atoms with Crippen LogP contribution in [0.25, 0.3) is 22.3 Å². The monoisotopic (exact) mass is 790 g/mol. The smallest absolute Gasteiger partial charge is 0.243 e. The van der Waals surface area contributed by atoms with Crippen LogP contribution in [-0.4, -0.2) is 119 Å². The fourth-order valence-corrected chi connectivity index (χ4v) is 7.79. The molecule has 0 spiro atoms. The van der Waals surface area contributed by atoms with Gasteiger partial charge in [-0.2, -0.15) is 0 Å². The van der Waals surface area contributed by atoms with E-state index in [4.69, 9.17) is 23.3 Å². The van der Waals surface area contributed by atoms with Gasteiger partial charge in [-0.3, -0.25) is 18.3 Å². The first kappa shape index (κ1) is 38.0. The Balaban J connectivity index is 1.09. The number of anilines is 2. The normalized spacial score (nSPS) is 27.1. The lowest BCUT2D eigenvalue weighted by Crippen LogP contribution is -2.35. The van der Waals surface area contributed by atoms with Crippen LogP contribution >= 0.6 is 39.0 Å². The average molecular weight is 791 g/mol. The number of rotatable bonds is 17. The summed E-state index contributed by atoms with van der Waals surface area (Å²) < 4.78 is 70.0. The molecule has 0 saturated carbocycles. The van der Waals surface area contributed by atoms with Gasteiger partial charge in [0, 0.05) is 19.5 Å². The van der Waals surface area contributed by atoms with Gasteiger partial charge in [0.25, 0.3) is 0 Å². The maximum absolute atomic E-state index is 15.3. The Morgan fingerprint density at radius 2 is 1.63 bits per heavy atom. The summed E-state index contributed by atoms with van der Waals surface area (Å²) in [6.45, 7) is 1.84. The number of nitrogens with one attached hydrogen (secondary N) is 2. The largest absolute Gasteiger partial charge is 0.394 e. The number of halogens is 1. The van der Waals surface area contributed by atoms with Crippen LogP contribution in [-0.2, 0) is 32.4 Å². The minimum atomic E-state index is -2.79. The van der Waals surface area contributed by atoms with Crippen molar-refractivity contribution >= 4 is 72.9 Å². The Hall–Kier alpha value is -2.75. The van der Waals surface area contributed by atoms with Crippen LogP contribution in [0.15, 0.2) is 37.5 Å². The highest BCUT2D eigenvalue weighted by Crippen LogP contribution is 2.42. The molecule has 0 amide bonds. The number of aromatic nitrogens is 8. The summed E-state index contributed by atoms with van der Waals surface area (Å²) in [4.78, 5) is 26.1. The maximum Gasteiger partial charge on any atom is 0.243 e. The number of aliphatic hydroxyl groups is 2. The molecule has 6 heterocycles. The molecule has 2 fully saturated rings. The highest BCUT2D eigenvalue weighted by atomic mass is 32.7.